The quantitative estimate of drug-likeness (QED) is 0.652. The van der Waals surface area contributed by atoms with E-state index in [-0.39, 0.29) is 11.6 Å². The largest absolute Gasteiger partial charge is 0.444 e. The molecule has 0 N–H and O–H groups in total. The minimum atomic E-state index is -0.426. The number of rotatable bonds is 1. The van der Waals surface area contributed by atoms with Crippen LogP contribution in [0.1, 0.15) is 54.4 Å². The monoisotopic (exact) mass is 239 g/mol. The van der Waals surface area contributed by atoms with Gasteiger partial charge in [0.25, 0.3) is 0 Å². The molecule has 0 aliphatic carbocycles. The summed E-state index contributed by atoms with van der Waals surface area (Å²) in [5.74, 6) is 0. The number of allylic oxidation sites excluding steroid dienone is 1. The first-order valence-corrected chi connectivity index (χ1v) is 6.38. The van der Waals surface area contributed by atoms with Gasteiger partial charge in [0.05, 0.1) is 5.54 Å². The zero-order valence-electron chi connectivity index (χ0n) is 12.0. The van der Waals surface area contributed by atoms with Crippen LogP contribution in [0.2, 0.25) is 0 Å². The average Bonchev–Trinajstić information content (AvgIpc) is 2.40. The third-order valence-electron chi connectivity index (χ3n) is 3.13. The Morgan fingerprint density at radius 1 is 1.47 bits per heavy atom. The number of carbonyl (C=O) groups excluding carboxylic acids is 1. The molecule has 3 heteroatoms. The smallest absolute Gasteiger partial charge is 0.410 e. The fourth-order valence-electron chi connectivity index (χ4n) is 2.23. The molecule has 0 radical (unpaired) electrons. The molecule has 0 unspecified atom stereocenters. The molecule has 0 saturated carbocycles. The standard InChI is InChI=1S/C14H25NO2/c1-7-8-11-9-10-15(14(11,5)6)12(16)17-13(2,3)4/h8H,7,9-10H2,1-6H3/b11-8-. The summed E-state index contributed by atoms with van der Waals surface area (Å²) in [6.07, 6.45) is 3.99. The molecule has 1 saturated heterocycles. The summed E-state index contributed by atoms with van der Waals surface area (Å²) < 4.78 is 5.44. The summed E-state index contributed by atoms with van der Waals surface area (Å²) in [7, 11) is 0. The zero-order valence-corrected chi connectivity index (χ0v) is 12.0. The van der Waals surface area contributed by atoms with E-state index in [0.29, 0.717) is 0 Å². The highest BCUT2D eigenvalue weighted by atomic mass is 16.6. The maximum Gasteiger partial charge on any atom is 0.410 e. The number of ether oxygens (including phenoxy) is 1. The molecular weight excluding hydrogens is 214 g/mol. The molecule has 0 bridgehead atoms. The lowest BCUT2D eigenvalue weighted by atomic mass is 9.94. The highest BCUT2D eigenvalue weighted by molar-refractivity contribution is 5.70. The molecule has 3 nitrogen and oxygen atoms in total. The molecule has 98 valence electrons. The molecule has 0 spiro atoms. The van der Waals surface area contributed by atoms with E-state index in [1.807, 2.05) is 25.7 Å². The Bertz CT molecular complexity index is 324. The minimum absolute atomic E-state index is 0.206. The van der Waals surface area contributed by atoms with Gasteiger partial charge in [-0.05, 0) is 53.0 Å². The second-order valence-corrected chi connectivity index (χ2v) is 6.08. The molecule has 1 fully saturated rings. The number of carbonyl (C=O) groups is 1. The third-order valence-corrected chi connectivity index (χ3v) is 3.13. The van der Waals surface area contributed by atoms with E-state index in [1.54, 1.807) is 0 Å². The summed E-state index contributed by atoms with van der Waals surface area (Å²) in [6, 6.07) is 0. The van der Waals surface area contributed by atoms with Crippen LogP contribution in [0.4, 0.5) is 4.79 Å². The van der Waals surface area contributed by atoms with Crippen molar-refractivity contribution >= 4 is 6.09 Å². The van der Waals surface area contributed by atoms with Gasteiger partial charge in [-0.3, -0.25) is 4.90 Å². The fraction of sp³-hybridized carbons (Fsp3) is 0.786. The lowest BCUT2D eigenvalue weighted by Gasteiger charge is -2.34. The lowest BCUT2D eigenvalue weighted by molar-refractivity contribution is 0.0160. The normalized spacial score (nSPS) is 22.0. The predicted molar refractivity (Wildman–Crippen MR) is 70.0 cm³/mol. The molecule has 1 rings (SSSR count). The Balaban J connectivity index is 2.81. The van der Waals surface area contributed by atoms with Crippen molar-refractivity contribution in [3.8, 4) is 0 Å². The average molecular weight is 239 g/mol. The molecule has 1 amide bonds. The maximum atomic E-state index is 12.1. The van der Waals surface area contributed by atoms with E-state index in [2.05, 4.69) is 26.8 Å². The molecular formula is C14H25NO2. The van der Waals surface area contributed by atoms with Gasteiger partial charge in [-0.15, -0.1) is 0 Å². The van der Waals surface area contributed by atoms with Crippen LogP contribution in [-0.2, 0) is 4.74 Å². The second-order valence-electron chi connectivity index (χ2n) is 6.08. The molecule has 0 aromatic rings. The van der Waals surface area contributed by atoms with E-state index < -0.39 is 5.60 Å². The summed E-state index contributed by atoms with van der Waals surface area (Å²) in [5.41, 5.74) is 0.703. The van der Waals surface area contributed by atoms with Crippen LogP contribution in [0.3, 0.4) is 0 Å². The minimum Gasteiger partial charge on any atom is -0.444 e. The number of likely N-dealkylation sites (tertiary alicyclic amines) is 1. The Morgan fingerprint density at radius 3 is 2.53 bits per heavy atom. The first-order valence-electron chi connectivity index (χ1n) is 6.38. The molecule has 17 heavy (non-hydrogen) atoms. The number of hydrogen-bond donors (Lipinski definition) is 0. The van der Waals surface area contributed by atoms with Crippen molar-refractivity contribution in [1.82, 2.24) is 4.90 Å². The van der Waals surface area contributed by atoms with E-state index in [9.17, 15) is 4.79 Å². The Labute approximate surface area is 105 Å². The van der Waals surface area contributed by atoms with Crippen LogP contribution < -0.4 is 0 Å². The zero-order chi connectivity index (χ0) is 13.3. The van der Waals surface area contributed by atoms with Crippen molar-refractivity contribution < 1.29 is 9.53 Å². The molecule has 0 aromatic carbocycles. The Hall–Kier alpha value is -0.990. The van der Waals surface area contributed by atoms with Gasteiger partial charge < -0.3 is 4.74 Å². The number of nitrogens with zero attached hydrogens (tertiary/aromatic N) is 1. The topological polar surface area (TPSA) is 29.5 Å². The van der Waals surface area contributed by atoms with Crippen LogP contribution in [-0.4, -0.2) is 28.7 Å². The van der Waals surface area contributed by atoms with Gasteiger partial charge in [-0.1, -0.05) is 13.0 Å². The summed E-state index contributed by atoms with van der Waals surface area (Å²) in [5, 5.41) is 0. The van der Waals surface area contributed by atoms with Crippen molar-refractivity contribution in [2.45, 2.75) is 65.5 Å². The van der Waals surface area contributed by atoms with Crippen LogP contribution in [0, 0.1) is 0 Å². The first kappa shape index (κ1) is 14.1. The molecule has 0 atom stereocenters. The summed E-state index contributed by atoms with van der Waals surface area (Å²) in [6.45, 7) is 12.8. The maximum absolute atomic E-state index is 12.1. The van der Waals surface area contributed by atoms with Gasteiger partial charge in [-0.2, -0.15) is 0 Å². The molecule has 1 heterocycles. The van der Waals surface area contributed by atoms with Gasteiger partial charge in [0.1, 0.15) is 5.60 Å². The van der Waals surface area contributed by atoms with Gasteiger partial charge >= 0.3 is 6.09 Å². The Kier molecular flexibility index (Phi) is 3.90. The van der Waals surface area contributed by atoms with E-state index >= 15 is 0 Å². The SMILES string of the molecule is CC/C=C1/CCN(C(=O)OC(C)(C)C)C1(C)C. The van der Waals surface area contributed by atoms with E-state index in [4.69, 9.17) is 4.74 Å². The first-order chi connectivity index (χ1) is 7.68. The fourth-order valence-corrected chi connectivity index (χ4v) is 2.23. The van der Waals surface area contributed by atoms with Crippen molar-refractivity contribution in [1.29, 1.82) is 0 Å². The van der Waals surface area contributed by atoms with E-state index in [1.165, 1.54) is 5.57 Å². The van der Waals surface area contributed by atoms with Crippen LogP contribution in [0.15, 0.2) is 11.6 Å². The highest BCUT2D eigenvalue weighted by Crippen LogP contribution is 2.35. The number of hydrogen-bond acceptors (Lipinski definition) is 2. The van der Waals surface area contributed by atoms with Crippen LogP contribution in [0.25, 0.3) is 0 Å². The van der Waals surface area contributed by atoms with Gasteiger partial charge in [0.15, 0.2) is 0 Å². The highest BCUT2D eigenvalue weighted by Gasteiger charge is 2.41. The second kappa shape index (κ2) is 4.71. The lowest BCUT2D eigenvalue weighted by Crippen LogP contribution is -2.46. The molecule has 1 aliphatic heterocycles. The predicted octanol–water partition coefficient (Wildman–Crippen LogP) is 3.74. The van der Waals surface area contributed by atoms with Gasteiger partial charge in [0, 0.05) is 6.54 Å². The van der Waals surface area contributed by atoms with Crippen molar-refractivity contribution in [2.24, 2.45) is 0 Å². The third kappa shape index (κ3) is 3.24. The van der Waals surface area contributed by atoms with Crippen molar-refractivity contribution in [2.75, 3.05) is 6.54 Å². The van der Waals surface area contributed by atoms with E-state index in [0.717, 1.165) is 19.4 Å². The van der Waals surface area contributed by atoms with Crippen LogP contribution >= 0.6 is 0 Å². The van der Waals surface area contributed by atoms with Gasteiger partial charge in [0.2, 0.25) is 0 Å². The Morgan fingerprint density at radius 2 is 2.06 bits per heavy atom. The van der Waals surface area contributed by atoms with Crippen molar-refractivity contribution in [3.63, 3.8) is 0 Å². The van der Waals surface area contributed by atoms with Crippen molar-refractivity contribution in [3.05, 3.63) is 11.6 Å². The van der Waals surface area contributed by atoms with Gasteiger partial charge in [-0.25, -0.2) is 4.79 Å². The molecule has 1 aliphatic rings. The van der Waals surface area contributed by atoms with Crippen LogP contribution in [0.5, 0.6) is 0 Å². The summed E-state index contributed by atoms with van der Waals surface area (Å²) >= 11 is 0. The summed E-state index contributed by atoms with van der Waals surface area (Å²) in [4.78, 5) is 13.9. The number of amides is 1. The molecule has 0 aromatic heterocycles.